The van der Waals surface area contributed by atoms with Gasteiger partial charge in [0.1, 0.15) is 5.82 Å². The summed E-state index contributed by atoms with van der Waals surface area (Å²) in [5.41, 5.74) is 0.841. The fourth-order valence-corrected chi connectivity index (χ4v) is 2.39. The first-order chi connectivity index (χ1) is 8.99. The second kappa shape index (κ2) is 5.63. The van der Waals surface area contributed by atoms with Crippen molar-refractivity contribution in [3.8, 4) is 0 Å². The van der Waals surface area contributed by atoms with E-state index in [1.807, 2.05) is 6.92 Å². The van der Waals surface area contributed by atoms with Gasteiger partial charge < -0.3 is 4.90 Å². The van der Waals surface area contributed by atoms with Gasteiger partial charge in [-0.2, -0.15) is 0 Å². The quantitative estimate of drug-likeness (QED) is 0.874. The van der Waals surface area contributed by atoms with Crippen LogP contribution >= 0.6 is 22.9 Å². The first kappa shape index (κ1) is 13.9. The van der Waals surface area contributed by atoms with Gasteiger partial charge in [0.2, 0.25) is 9.47 Å². The van der Waals surface area contributed by atoms with Crippen molar-refractivity contribution in [1.29, 1.82) is 0 Å². The van der Waals surface area contributed by atoms with Gasteiger partial charge in [0.25, 0.3) is 5.91 Å². The van der Waals surface area contributed by atoms with E-state index >= 15 is 0 Å². The number of hydrogen-bond donors (Lipinski definition) is 0. The molecule has 0 fully saturated rings. The van der Waals surface area contributed by atoms with Crippen LogP contribution in [0.1, 0.15) is 28.3 Å². The highest BCUT2D eigenvalue weighted by atomic mass is 35.5. The van der Waals surface area contributed by atoms with Crippen LogP contribution in [-0.2, 0) is 0 Å². The summed E-state index contributed by atoms with van der Waals surface area (Å²) in [6, 6.07) is 5.84. The van der Waals surface area contributed by atoms with Crippen LogP contribution in [0.5, 0.6) is 0 Å². The molecule has 1 heterocycles. The number of carbonyl (C=O) groups excluding carboxylic acids is 1. The Morgan fingerprint density at radius 1 is 1.37 bits per heavy atom. The molecular weight excluding hydrogens is 289 g/mol. The Hall–Kier alpha value is -1.53. The molecule has 0 spiro atoms. The maximum absolute atomic E-state index is 12.9. The van der Waals surface area contributed by atoms with Gasteiger partial charge in [-0.05, 0) is 36.2 Å². The molecule has 4 nitrogen and oxygen atoms in total. The second-order valence-corrected chi connectivity index (χ2v) is 5.56. The van der Waals surface area contributed by atoms with E-state index in [0.29, 0.717) is 0 Å². The van der Waals surface area contributed by atoms with Gasteiger partial charge in [-0.3, -0.25) is 4.79 Å². The molecule has 0 saturated carbocycles. The predicted octanol–water partition coefficient (Wildman–Crippen LogP) is 3.16. The highest BCUT2D eigenvalue weighted by Gasteiger charge is 2.22. The van der Waals surface area contributed by atoms with Gasteiger partial charge in [-0.15, -0.1) is 10.2 Å². The van der Waals surface area contributed by atoms with E-state index < -0.39 is 0 Å². The Labute approximate surface area is 118 Å². The van der Waals surface area contributed by atoms with Gasteiger partial charge in [0, 0.05) is 7.05 Å². The molecule has 1 amide bonds. The zero-order chi connectivity index (χ0) is 14.0. The Morgan fingerprint density at radius 3 is 2.53 bits per heavy atom. The lowest BCUT2D eigenvalue weighted by Crippen LogP contribution is -2.29. The third kappa shape index (κ3) is 3.08. The zero-order valence-corrected chi connectivity index (χ0v) is 11.9. The lowest BCUT2D eigenvalue weighted by atomic mass is 10.1. The van der Waals surface area contributed by atoms with Crippen molar-refractivity contribution in [2.24, 2.45) is 0 Å². The topological polar surface area (TPSA) is 46.1 Å². The lowest BCUT2D eigenvalue weighted by molar-refractivity contribution is 0.0741. The number of aromatic nitrogens is 2. The molecule has 0 radical (unpaired) electrons. The van der Waals surface area contributed by atoms with Gasteiger partial charge >= 0.3 is 0 Å². The Morgan fingerprint density at radius 2 is 2.00 bits per heavy atom. The second-order valence-electron chi connectivity index (χ2n) is 4.00. The molecule has 1 aromatic carbocycles. The van der Waals surface area contributed by atoms with Crippen molar-refractivity contribution < 1.29 is 9.18 Å². The van der Waals surface area contributed by atoms with E-state index in [9.17, 15) is 9.18 Å². The monoisotopic (exact) mass is 299 g/mol. The molecule has 0 aliphatic carbocycles. The Kier molecular flexibility index (Phi) is 4.11. The minimum Gasteiger partial charge on any atom is -0.333 e. The highest BCUT2D eigenvalue weighted by molar-refractivity contribution is 7.17. The smallest absolute Gasteiger partial charge is 0.285 e. The van der Waals surface area contributed by atoms with Crippen LogP contribution in [0.15, 0.2) is 24.3 Å². The first-order valence-corrected chi connectivity index (χ1v) is 6.70. The summed E-state index contributed by atoms with van der Waals surface area (Å²) >= 11 is 6.69. The van der Waals surface area contributed by atoms with Gasteiger partial charge in [-0.25, -0.2) is 4.39 Å². The maximum atomic E-state index is 12.9. The molecule has 0 saturated heterocycles. The summed E-state index contributed by atoms with van der Waals surface area (Å²) in [5.74, 6) is -0.568. The fourth-order valence-electron chi connectivity index (χ4n) is 1.58. The van der Waals surface area contributed by atoms with Gasteiger partial charge in [0.15, 0.2) is 0 Å². The predicted molar refractivity (Wildman–Crippen MR) is 71.8 cm³/mol. The summed E-state index contributed by atoms with van der Waals surface area (Å²) in [6.45, 7) is 1.85. The Balaban J connectivity index is 2.16. The van der Waals surface area contributed by atoms with E-state index in [-0.39, 0.29) is 27.2 Å². The molecule has 19 heavy (non-hydrogen) atoms. The molecule has 2 aromatic rings. The van der Waals surface area contributed by atoms with E-state index in [0.717, 1.165) is 16.9 Å². The molecule has 1 aromatic heterocycles. The standard InChI is InChI=1S/C12H11ClFN3OS/c1-7(8-3-5-9(14)6-4-8)17(2)11(18)10-15-16-12(13)19-10/h3-7H,1-2H3. The van der Waals surface area contributed by atoms with Crippen molar-refractivity contribution >= 4 is 28.8 Å². The number of hydrogen-bond acceptors (Lipinski definition) is 4. The van der Waals surface area contributed by atoms with Crippen LogP contribution in [0.2, 0.25) is 4.47 Å². The summed E-state index contributed by atoms with van der Waals surface area (Å²) in [5, 5.41) is 7.55. The third-order valence-electron chi connectivity index (χ3n) is 2.84. The number of benzene rings is 1. The number of amides is 1. The minimum atomic E-state index is -0.305. The SMILES string of the molecule is CC(c1ccc(F)cc1)N(C)C(=O)c1nnc(Cl)s1. The molecule has 0 bridgehead atoms. The molecule has 7 heteroatoms. The normalized spacial score (nSPS) is 12.2. The van der Waals surface area contributed by atoms with E-state index in [1.165, 1.54) is 17.0 Å². The zero-order valence-electron chi connectivity index (χ0n) is 10.3. The van der Waals surface area contributed by atoms with E-state index in [4.69, 9.17) is 11.6 Å². The minimum absolute atomic E-state index is 0.198. The highest BCUT2D eigenvalue weighted by Crippen LogP contribution is 2.23. The van der Waals surface area contributed by atoms with Crippen LogP contribution < -0.4 is 0 Å². The molecule has 100 valence electrons. The molecule has 1 atom stereocenters. The number of rotatable bonds is 3. The van der Waals surface area contributed by atoms with Crippen LogP contribution in [0.25, 0.3) is 0 Å². The van der Waals surface area contributed by atoms with Crippen LogP contribution in [0, 0.1) is 5.82 Å². The Bertz CT molecular complexity index is 587. The molecule has 1 unspecified atom stereocenters. The molecule has 0 aliphatic rings. The van der Waals surface area contributed by atoms with Crippen molar-refractivity contribution in [1.82, 2.24) is 15.1 Å². The van der Waals surface area contributed by atoms with E-state index in [1.54, 1.807) is 19.2 Å². The maximum Gasteiger partial charge on any atom is 0.285 e. The summed E-state index contributed by atoms with van der Waals surface area (Å²) < 4.78 is 13.1. The molecule has 0 N–H and O–H groups in total. The van der Waals surface area contributed by atoms with Crippen LogP contribution in [-0.4, -0.2) is 28.1 Å². The average Bonchev–Trinajstić information content (AvgIpc) is 2.84. The summed E-state index contributed by atoms with van der Waals surface area (Å²) in [6.07, 6.45) is 0. The van der Waals surface area contributed by atoms with Crippen LogP contribution in [0.3, 0.4) is 0 Å². The molecule has 2 rings (SSSR count). The van der Waals surface area contributed by atoms with Gasteiger partial charge in [0.05, 0.1) is 6.04 Å². The third-order valence-corrected chi connectivity index (χ3v) is 3.84. The number of nitrogens with zero attached hydrogens (tertiary/aromatic N) is 3. The van der Waals surface area contributed by atoms with Crippen molar-refractivity contribution in [3.63, 3.8) is 0 Å². The van der Waals surface area contributed by atoms with Crippen molar-refractivity contribution in [2.75, 3.05) is 7.05 Å². The van der Waals surface area contributed by atoms with Crippen LogP contribution in [0.4, 0.5) is 4.39 Å². The largest absolute Gasteiger partial charge is 0.333 e. The fraction of sp³-hybridized carbons (Fsp3) is 0.250. The summed E-state index contributed by atoms with van der Waals surface area (Å²) in [4.78, 5) is 13.7. The van der Waals surface area contributed by atoms with Crippen molar-refractivity contribution in [3.05, 3.63) is 45.1 Å². The first-order valence-electron chi connectivity index (χ1n) is 5.50. The molecular formula is C12H11ClFN3OS. The average molecular weight is 300 g/mol. The number of halogens is 2. The lowest BCUT2D eigenvalue weighted by Gasteiger charge is -2.24. The summed E-state index contributed by atoms with van der Waals surface area (Å²) in [7, 11) is 1.66. The number of carbonyl (C=O) groups is 1. The van der Waals surface area contributed by atoms with Crippen molar-refractivity contribution in [2.45, 2.75) is 13.0 Å². The van der Waals surface area contributed by atoms with Gasteiger partial charge in [-0.1, -0.05) is 23.5 Å². The molecule has 0 aliphatic heterocycles. The van der Waals surface area contributed by atoms with E-state index in [2.05, 4.69) is 10.2 Å².